The number of nitrogens with zero attached hydrogens (tertiary/aromatic N) is 5. The van der Waals surface area contributed by atoms with Gasteiger partial charge in [-0.3, -0.25) is 4.79 Å². The van der Waals surface area contributed by atoms with E-state index in [2.05, 4.69) is 25.2 Å². The summed E-state index contributed by atoms with van der Waals surface area (Å²) < 4.78 is 0. The minimum atomic E-state index is -0.0740. The average Bonchev–Trinajstić information content (AvgIpc) is 2.76. The normalized spacial score (nSPS) is 14.0. The van der Waals surface area contributed by atoms with Crippen LogP contribution in [0, 0.1) is 6.92 Å². The van der Waals surface area contributed by atoms with Crippen molar-refractivity contribution in [1.29, 1.82) is 0 Å². The second-order valence-electron chi connectivity index (χ2n) is 6.75. The fourth-order valence-corrected chi connectivity index (χ4v) is 3.17. The van der Waals surface area contributed by atoms with Crippen LogP contribution >= 0.6 is 0 Å². The summed E-state index contributed by atoms with van der Waals surface area (Å²) in [7, 11) is 0. The molecule has 0 radical (unpaired) electrons. The first-order chi connectivity index (χ1) is 13.7. The molecule has 1 N–H and O–H groups in total. The number of carbonyl (C=O) groups excluding carboxylic acids is 1. The van der Waals surface area contributed by atoms with Crippen molar-refractivity contribution in [2.75, 3.05) is 36.4 Å². The molecule has 3 heterocycles. The molecule has 142 valence electrons. The van der Waals surface area contributed by atoms with Gasteiger partial charge < -0.3 is 15.1 Å². The highest BCUT2D eigenvalue weighted by Gasteiger charge is 2.23. The summed E-state index contributed by atoms with van der Waals surface area (Å²) in [6.07, 6.45) is 3.21. The molecular weight excluding hydrogens is 352 g/mol. The lowest BCUT2D eigenvalue weighted by molar-refractivity contribution is 0.0740. The number of hydrogen-bond acceptors (Lipinski definition) is 6. The van der Waals surface area contributed by atoms with E-state index in [-0.39, 0.29) is 5.91 Å². The molecule has 0 aliphatic carbocycles. The Morgan fingerprint density at radius 2 is 1.75 bits per heavy atom. The zero-order chi connectivity index (χ0) is 19.3. The lowest BCUT2D eigenvalue weighted by atomic mass is 10.2. The summed E-state index contributed by atoms with van der Waals surface area (Å²) in [5, 5.41) is 3.22. The Balaban J connectivity index is 1.40. The highest BCUT2D eigenvalue weighted by atomic mass is 16.2. The van der Waals surface area contributed by atoms with Gasteiger partial charge in [0.1, 0.15) is 23.7 Å². The smallest absolute Gasteiger partial charge is 0.272 e. The number of piperazine rings is 1. The predicted octanol–water partition coefficient (Wildman–Crippen LogP) is 2.89. The quantitative estimate of drug-likeness (QED) is 0.757. The van der Waals surface area contributed by atoms with Crippen LogP contribution in [0.25, 0.3) is 0 Å². The van der Waals surface area contributed by atoms with Gasteiger partial charge in [0.2, 0.25) is 0 Å². The summed E-state index contributed by atoms with van der Waals surface area (Å²) in [5.74, 6) is 1.48. The number of carbonyl (C=O) groups is 1. The van der Waals surface area contributed by atoms with Crippen LogP contribution in [0.5, 0.6) is 0 Å². The summed E-state index contributed by atoms with van der Waals surface area (Å²) in [4.78, 5) is 29.7. The molecule has 0 bridgehead atoms. The van der Waals surface area contributed by atoms with E-state index >= 15 is 0 Å². The van der Waals surface area contributed by atoms with Gasteiger partial charge in [-0.15, -0.1) is 0 Å². The number of hydrogen-bond donors (Lipinski definition) is 1. The number of pyridine rings is 1. The van der Waals surface area contributed by atoms with Gasteiger partial charge in [-0.2, -0.15) is 0 Å². The zero-order valence-electron chi connectivity index (χ0n) is 15.7. The highest BCUT2D eigenvalue weighted by Crippen LogP contribution is 2.17. The van der Waals surface area contributed by atoms with Crippen molar-refractivity contribution >= 4 is 23.2 Å². The third-order valence-corrected chi connectivity index (χ3v) is 4.75. The second-order valence-corrected chi connectivity index (χ2v) is 6.75. The van der Waals surface area contributed by atoms with Crippen LogP contribution in [0.1, 0.15) is 16.1 Å². The van der Waals surface area contributed by atoms with E-state index in [0.29, 0.717) is 24.6 Å². The molecule has 0 unspecified atom stereocenters. The number of amides is 1. The van der Waals surface area contributed by atoms with Gasteiger partial charge in [0.15, 0.2) is 0 Å². The van der Waals surface area contributed by atoms with E-state index in [1.54, 1.807) is 12.3 Å². The molecule has 7 nitrogen and oxygen atoms in total. The first kappa shape index (κ1) is 17.9. The van der Waals surface area contributed by atoms with Crippen molar-refractivity contribution in [3.05, 3.63) is 72.3 Å². The lowest BCUT2D eigenvalue weighted by Crippen LogP contribution is -2.49. The molecule has 1 aromatic carbocycles. The van der Waals surface area contributed by atoms with Crippen LogP contribution in [0.4, 0.5) is 17.3 Å². The molecule has 1 aliphatic rings. The summed E-state index contributed by atoms with van der Waals surface area (Å²) in [6.45, 7) is 4.82. The van der Waals surface area contributed by atoms with Gasteiger partial charge in [0, 0.05) is 44.1 Å². The number of benzene rings is 1. The third-order valence-electron chi connectivity index (χ3n) is 4.75. The fraction of sp³-hybridized carbons (Fsp3) is 0.238. The minimum Gasteiger partial charge on any atom is -0.353 e. The van der Waals surface area contributed by atoms with Gasteiger partial charge in [0.05, 0.1) is 0 Å². The molecule has 1 fully saturated rings. The van der Waals surface area contributed by atoms with Crippen LogP contribution in [0.15, 0.2) is 61.1 Å². The average molecular weight is 374 g/mol. The maximum Gasteiger partial charge on any atom is 0.272 e. The minimum absolute atomic E-state index is 0.0740. The molecule has 1 aliphatic heterocycles. The Labute approximate surface area is 164 Å². The highest BCUT2D eigenvalue weighted by molar-refractivity contribution is 5.93. The molecule has 1 amide bonds. The van der Waals surface area contributed by atoms with E-state index in [0.717, 1.165) is 24.6 Å². The molecule has 0 saturated carbocycles. The van der Waals surface area contributed by atoms with Crippen LogP contribution in [-0.2, 0) is 0 Å². The number of nitrogens with one attached hydrogen (secondary N) is 1. The van der Waals surface area contributed by atoms with E-state index in [1.165, 1.54) is 11.9 Å². The van der Waals surface area contributed by atoms with Crippen molar-refractivity contribution in [1.82, 2.24) is 19.9 Å². The predicted molar refractivity (Wildman–Crippen MR) is 109 cm³/mol. The first-order valence-corrected chi connectivity index (χ1v) is 9.30. The van der Waals surface area contributed by atoms with Gasteiger partial charge in [-0.1, -0.05) is 23.8 Å². The molecule has 28 heavy (non-hydrogen) atoms. The summed E-state index contributed by atoms with van der Waals surface area (Å²) in [5.41, 5.74) is 2.51. The SMILES string of the molecule is Cc1ccc(Nc2cc(C(=O)N3CCN(c4ccccn4)CC3)ncn2)cc1. The number of aromatic nitrogens is 3. The van der Waals surface area contributed by atoms with Crippen molar-refractivity contribution in [2.45, 2.75) is 6.92 Å². The zero-order valence-corrected chi connectivity index (χ0v) is 15.7. The fourth-order valence-electron chi connectivity index (χ4n) is 3.17. The van der Waals surface area contributed by atoms with Gasteiger partial charge in [0.25, 0.3) is 5.91 Å². The summed E-state index contributed by atoms with van der Waals surface area (Å²) >= 11 is 0. The topological polar surface area (TPSA) is 74.2 Å². The van der Waals surface area contributed by atoms with Gasteiger partial charge >= 0.3 is 0 Å². The molecule has 3 aromatic rings. The number of aryl methyl sites for hydroxylation is 1. The molecule has 7 heteroatoms. The van der Waals surface area contributed by atoms with E-state index in [4.69, 9.17) is 0 Å². The van der Waals surface area contributed by atoms with Crippen LogP contribution in [0.2, 0.25) is 0 Å². The molecule has 2 aromatic heterocycles. The van der Waals surface area contributed by atoms with Gasteiger partial charge in [-0.05, 0) is 31.2 Å². The Kier molecular flexibility index (Phi) is 5.14. The van der Waals surface area contributed by atoms with E-state index in [1.807, 2.05) is 54.3 Å². The Morgan fingerprint density at radius 1 is 0.964 bits per heavy atom. The Hall–Kier alpha value is -3.48. The third kappa shape index (κ3) is 4.09. The van der Waals surface area contributed by atoms with Crippen molar-refractivity contribution in [2.24, 2.45) is 0 Å². The molecule has 0 atom stereocenters. The van der Waals surface area contributed by atoms with Crippen LogP contribution < -0.4 is 10.2 Å². The van der Waals surface area contributed by atoms with Crippen molar-refractivity contribution in [3.8, 4) is 0 Å². The Morgan fingerprint density at radius 3 is 2.46 bits per heavy atom. The maximum absolute atomic E-state index is 12.9. The first-order valence-electron chi connectivity index (χ1n) is 9.30. The molecule has 1 saturated heterocycles. The molecular formula is C21H22N6O. The Bertz CT molecular complexity index is 937. The maximum atomic E-state index is 12.9. The lowest BCUT2D eigenvalue weighted by Gasteiger charge is -2.35. The van der Waals surface area contributed by atoms with Crippen molar-refractivity contribution in [3.63, 3.8) is 0 Å². The van der Waals surface area contributed by atoms with E-state index < -0.39 is 0 Å². The largest absolute Gasteiger partial charge is 0.353 e. The van der Waals surface area contributed by atoms with Gasteiger partial charge in [-0.25, -0.2) is 15.0 Å². The number of rotatable bonds is 4. The standard InChI is InChI=1S/C21H22N6O/c1-16-5-7-17(8-6-16)25-19-14-18(23-15-24-19)21(28)27-12-10-26(11-13-27)20-4-2-3-9-22-20/h2-9,14-15H,10-13H2,1H3,(H,23,24,25). The summed E-state index contributed by atoms with van der Waals surface area (Å²) in [6, 6.07) is 15.6. The van der Waals surface area contributed by atoms with E-state index in [9.17, 15) is 4.79 Å². The van der Waals surface area contributed by atoms with Crippen LogP contribution in [0.3, 0.4) is 0 Å². The van der Waals surface area contributed by atoms with Crippen molar-refractivity contribution < 1.29 is 4.79 Å². The second kappa shape index (κ2) is 8.04. The molecule has 0 spiro atoms. The monoisotopic (exact) mass is 374 g/mol. The van der Waals surface area contributed by atoms with Crippen LogP contribution in [-0.4, -0.2) is 51.9 Å². The molecule has 4 rings (SSSR count). The number of anilines is 3.